The summed E-state index contributed by atoms with van der Waals surface area (Å²) in [6, 6.07) is 0. The number of hydrogen-bond acceptors (Lipinski definition) is 5. The number of aryl methyl sites for hydroxylation is 1. The van der Waals surface area contributed by atoms with Crippen molar-refractivity contribution in [3.05, 3.63) is 11.7 Å². The lowest BCUT2D eigenvalue weighted by Gasteiger charge is -2.00. The fraction of sp³-hybridized carbons (Fsp3) is 0.778. The third kappa shape index (κ3) is 4.34. The number of aliphatic hydroxyl groups excluding tert-OH is 1. The fourth-order valence-electron chi connectivity index (χ4n) is 1.13. The van der Waals surface area contributed by atoms with E-state index >= 15 is 0 Å². The van der Waals surface area contributed by atoms with Crippen molar-refractivity contribution < 1.29 is 9.63 Å². The second-order valence-corrected chi connectivity index (χ2v) is 3.16. The van der Waals surface area contributed by atoms with Crippen LogP contribution in [0.15, 0.2) is 4.52 Å². The van der Waals surface area contributed by atoms with Crippen molar-refractivity contribution in [3.8, 4) is 0 Å². The van der Waals surface area contributed by atoms with E-state index in [1.54, 1.807) is 6.92 Å². The second-order valence-electron chi connectivity index (χ2n) is 3.16. The number of aromatic nitrogens is 2. The van der Waals surface area contributed by atoms with E-state index in [1.165, 1.54) is 0 Å². The van der Waals surface area contributed by atoms with Crippen molar-refractivity contribution in [2.75, 3.05) is 19.7 Å². The summed E-state index contributed by atoms with van der Waals surface area (Å²) in [5, 5.41) is 15.6. The highest BCUT2D eigenvalue weighted by Gasteiger charge is 2.00. The molecule has 1 aromatic rings. The summed E-state index contributed by atoms with van der Waals surface area (Å²) in [5.74, 6) is 1.36. The van der Waals surface area contributed by atoms with Gasteiger partial charge < -0.3 is 14.9 Å². The molecule has 1 rings (SSSR count). The van der Waals surface area contributed by atoms with Crippen LogP contribution in [-0.4, -0.2) is 34.9 Å². The average molecular weight is 199 g/mol. The van der Waals surface area contributed by atoms with Crippen LogP contribution in [0.1, 0.15) is 24.6 Å². The van der Waals surface area contributed by atoms with Crippen LogP contribution in [0.25, 0.3) is 0 Å². The summed E-state index contributed by atoms with van der Waals surface area (Å²) in [6.45, 7) is 3.83. The Morgan fingerprint density at radius 2 is 2.21 bits per heavy atom. The molecular formula is C9H17N3O2. The van der Waals surface area contributed by atoms with E-state index in [1.807, 2.05) is 0 Å². The normalized spacial score (nSPS) is 10.7. The van der Waals surface area contributed by atoms with Gasteiger partial charge in [-0.3, -0.25) is 0 Å². The van der Waals surface area contributed by atoms with Crippen LogP contribution < -0.4 is 5.32 Å². The van der Waals surface area contributed by atoms with Crippen molar-refractivity contribution in [3.63, 3.8) is 0 Å². The molecule has 0 aliphatic carbocycles. The Labute approximate surface area is 83.5 Å². The number of hydrogen-bond donors (Lipinski definition) is 2. The van der Waals surface area contributed by atoms with Crippen LogP contribution in [0.4, 0.5) is 0 Å². The maximum absolute atomic E-state index is 8.54. The Bertz CT molecular complexity index is 250. The molecule has 1 aromatic heterocycles. The van der Waals surface area contributed by atoms with Gasteiger partial charge in [-0.25, -0.2) is 0 Å². The minimum absolute atomic E-state index is 0.270. The summed E-state index contributed by atoms with van der Waals surface area (Å²) in [7, 11) is 0. The second kappa shape index (κ2) is 6.50. The van der Waals surface area contributed by atoms with E-state index in [4.69, 9.17) is 9.63 Å². The van der Waals surface area contributed by atoms with E-state index < -0.39 is 0 Å². The molecule has 80 valence electrons. The largest absolute Gasteiger partial charge is 0.396 e. The standard InChI is InChI=1S/C9H17N3O2/c1-8-11-9(12-14-8)4-6-10-5-2-3-7-13/h10,13H,2-7H2,1H3. The van der Waals surface area contributed by atoms with Gasteiger partial charge in [0.25, 0.3) is 0 Å². The zero-order valence-electron chi connectivity index (χ0n) is 8.49. The molecule has 0 spiro atoms. The summed E-state index contributed by atoms with van der Waals surface area (Å²) in [6.07, 6.45) is 2.65. The predicted octanol–water partition coefficient (Wildman–Crippen LogP) is 0.283. The lowest BCUT2D eigenvalue weighted by Crippen LogP contribution is -2.19. The monoisotopic (exact) mass is 199 g/mol. The molecule has 0 aromatic carbocycles. The molecule has 1 heterocycles. The highest BCUT2D eigenvalue weighted by atomic mass is 16.5. The summed E-state index contributed by atoms with van der Waals surface area (Å²) in [4.78, 5) is 4.09. The minimum atomic E-state index is 0.270. The van der Waals surface area contributed by atoms with Gasteiger partial charge in [-0.15, -0.1) is 0 Å². The first-order chi connectivity index (χ1) is 6.83. The molecule has 0 unspecified atom stereocenters. The number of unbranched alkanes of at least 4 members (excludes halogenated alkanes) is 1. The van der Waals surface area contributed by atoms with Crippen LogP contribution in [-0.2, 0) is 6.42 Å². The van der Waals surface area contributed by atoms with Gasteiger partial charge in [-0.05, 0) is 19.4 Å². The lowest BCUT2D eigenvalue weighted by atomic mass is 10.3. The molecule has 14 heavy (non-hydrogen) atoms. The Hall–Kier alpha value is -0.940. The highest BCUT2D eigenvalue weighted by Crippen LogP contribution is 1.94. The first-order valence-electron chi connectivity index (χ1n) is 4.93. The highest BCUT2D eigenvalue weighted by molar-refractivity contribution is 4.84. The van der Waals surface area contributed by atoms with Gasteiger partial charge in [-0.2, -0.15) is 4.98 Å². The van der Waals surface area contributed by atoms with E-state index in [2.05, 4.69) is 15.5 Å². The Morgan fingerprint density at radius 1 is 1.36 bits per heavy atom. The zero-order chi connectivity index (χ0) is 10.2. The molecule has 0 radical (unpaired) electrons. The lowest BCUT2D eigenvalue weighted by molar-refractivity contribution is 0.284. The molecule has 0 bridgehead atoms. The van der Waals surface area contributed by atoms with E-state index in [9.17, 15) is 0 Å². The van der Waals surface area contributed by atoms with Gasteiger partial charge in [0.05, 0.1) is 0 Å². The molecule has 5 nitrogen and oxygen atoms in total. The van der Waals surface area contributed by atoms with Gasteiger partial charge in [-0.1, -0.05) is 5.16 Å². The van der Waals surface area contributed by atoms with Crippen LogP contribution in [0.5, 0.6) is 0 Å². The number of rotatable bonds is 7. The van der Waals surface area contributed by atoms with Crippen molar-refractivity contribution in [2.24, 2.45) is 0 Å². The molecule has 0 atom stereocenters. The summed E-state index contributed by atoms with van der Waals surface area (Å²) >= 11 is 0. The summed E-state index contributed by atoms with van der Waals surface area (Å²) in [5.41, 5.74) is 0. The van der Waals surface area contributed by atoms with Gasteiger partial charge in [0.1, 0.15) is 0 Å². The SMILES string of the molecule is Cc1nc(CCNCCCCO)no1. The number of aliphatic hydroxyl groups is 1. The zero-order valence-corrected chi connectivity index (χ0v) is 8.49. The molecule has 0 saturated heterocycles. The third-order valence-corrected chi connectivity index (χ3v) is 1.86. The molecule has 2 N–H and O–H groups in total. The average Bonchev–Trinajstić information content (AvgIpc) is 2.58. The Kier molecular flexibility index (Phi) is 5.17. The molecule has 0 amide bonds. The van der Waals surface area contributed by atoms with Crippen LogP contribution >= 0.6 is 0 Å². The summed E-state index contributed by atoms with van der Waals surface area (Å²) < 4.78 is 4.84. The Morgan fingerprint density at radius 3 is 2.86 bits per heavy atom. The molecule has 0 fully saturated rings. The maximum atomic E-state index is 8.54. The molecule has 0 aliphatic rings. The van der Waals surface area contributed by atoms with Crippen LogP contribution in [0, 0.1) is 6.92 Å². The van der Waals surface area contributed by atoms with Crippen molar-refractivity contribution in [2.45, 2.75) is 26.2 Å². The number of nitrogens with one attached hydrogen (secondary N) is 1. The van der Waals surface area contributed by atoms with E-state index in [0.717, 1.165) is 38.2 Å². The number of nitrogens with zero attached hydrogens (tertiary/aromatic N) is 2. The van der Waals surface area contributed by atoms with Crippen LogP contribution in [0.3, 0.4) is 0 Å². The fourth-order valence-corrected chi connectivity index (χ4v) is 1.13. The predicted molar refractivity (Wildman–Crippen MR) is 51.9 cm³/mol. The van der Waals surface area contributed by atoms with Gasteiger partial charge in [0, 0.05) is 26.5 Å². The quantitative estimate of drug-likeness (QED) is 0.617. The molecular weight excluding hydrogens is 182 g/mol. The van der Waals surface area contributed by atoms with E-state index in [-0.39, 0.29) is 6.61 Å². The topological polar surface area (TPSA) is 71.2 Å². The molecule has 5 heteroatoms. The maximum Gasteiger partial charge on any atom is 0.223 e. The minimum Gasteiger partial charge on any atom is -0.396 e. The van der Waals surface area contributed by atoms with Crippen molar-refractivity contribution in [1.82, 2.24) is 15.5 Å². The first kappa shape index (κ1) is 11.1. The Balaban J connectivity index is 1.99. The van der Waals surface area contributed by atoms with Gasteiger partial charge in [0.2, 0.25) is 5.89 Å². The van der Waals surface area contributed by atoms with Crippen molar-refractivity contribution >= 4 is 0 Å². The van der Waals surface area contributed by atoms with E-state index in [0.29, 0.717) is 5.89 Å². The first-order valence-corrected chi connectivity index (χ1v) is 4.93. The van der Waals surface area contributed by atoms with Gasteiger partial charge >= 0.3 is 0 Å². The van der Waals surface area contributed by atoms with Gasteiger partial charge in [0.15, 0.2) is 5.82 Å². The van der Waals surface area contributed by atoms with Crippen LogP contribution in [0.2, 0.25) is 0 Å². The smallest absolute Gasteiger partial charge is 0.223 e. The van der Waals surface area contributed by atoms with Crippen molar-refractivity contribution in [1.29, 1.82) is 0 Å². The third-order valence-electron chi connectivity index (χ3n) is 1.86. The molecule has 0 aliphatic heterocycles. The molecule has 0 saturated carbocycles.